The predicted octanol–water partition coefficient (Wildman–Crippen LogP) is 3.09. The molecular formula is C24H22FN6O2PS. The second kappa shape index (κ2) is 8.32. The van der Waals surface area contributed by atoms with Crippen LogP contribution in [0.5, 0.6) is 0 Å². The molecule has 0 saturated carbocycles. The first-order chi connectivity index (χ1) is 16.9. The Hall–Kier alpha value is -2.96. The number of pyridine rings is 1. The third kappa shape index (κ3) is 3.30. The van der Waals surface area contributed by atoms with Crippen molar-refractivity contribution >= 4 is 57.8 Å². The molecule has 1 saturated heterocycles. The van der Waals surface area contributed by atoms with Crippen LogP contribution in [0.4, 0.5) is 15.3 Å². The van der Waals surface area contributed by atoms with E-state index < -0.39 is 5.82 Å². The van der Waals surface area contributed by atoms with Gasteiger partial charge >= 0.3 is 0 Å². The lowest BCUT2D eigenvalue weighted by molar-refractivity contribution is 0.135. The van der Waals surface area contributed by atoms with Crippen LogP contribution in [0.3, 0.4) is 0 Å². The lowest BCUT2D eigenvalue weighted by Gasteiger charge is -2.19. The first-order valence-corrected chi connectivity index (χ1v) is 12.6. The topological polar surface area (TPSA) is 121 Å². The van der Waals surface area contributed by atoms with Crippen molar-refractivity contribution in [3.8, 4) is 17.3 Å². The van der Waals surface area contributed by atoms with Crippen LogP contribution < -0.4 is 15.9 Å². The molecule has 3 atom stereocenters. The average molecular weight is 509 g/mol. The first kappa shape index (κ1) is 22.5. The Morgan fingerprint density at radius 2 is 2.11 bits per heavy atom. The number of aromatic nitrogens is 3. The summed E-state index contributed by atoms with van der Waals surface area (Å²) in [6.45, 7) is 4.48. The third-order valence-electron chi connectivity index (χ3n) is 7.11. The Morgan fingerprint density at radius 1 is 1.31 bits per heavy atom. The number of anilines is 2. The number of benzene rings is 1. The first-order valence-electron chi connectivity index (χ1n) is 11.2. The maximum Gasteiger partial charge on any atom is 0.225 e. The second-order valence-electron chi connectivity index (χ2n) is 9.11. The van der Waals surface area contributed by atoms with E-state index in [-0.39, 0.29) is 23.1 Å². The summed E-state index contributed by atoms with van der Waals surface area (Å²) in [5.74, 6) is 0.610. The number of hydrogen-bond acceptors (Lipinski definition) is 9. The Morgan fingerprint density at radius 3 is 2.86 bits per heavy atom. The van der Waals surface area contributed by atoms with Crippen molar-refractivity contribution in [2.24, 2.45) is 11.8 Å². The highest BCUT2D eigenvalue weighted by molar-refractivity contribution is 7.29. The van der Waals surface area contributed by atoms with Gasteiger partial charge in [0.1, 0.15) is 11.1 Å². The van der Waals surface area contributed by atoms with E-state index in [1.165, 1.54) is 6.20 Å². The quantitative estimate of drug-likeness (QED) is 0.405. The summed E-state index contributed by atoms with van der Waals surface area (Å²) in [6, 6.07) is 2.13. The van der Waals surface area contributed by atoms with E-state index in [0.717, 1.165) is 50.8 Å². The van der Waals surface area contributed by atoms with Crippen molar-refractivity contribution in [2.75, 3.05) is 30.3 Å². The standard InChI is InChI=1S/C24H22FN6O2PS/c1-10-5-31(6-11(10)7-32)24-29-3-13-14-8-33-9-15(14)17(21(34)19(13)30-24)20-18-12(2-26)23(27)35-22(18)16(25)4-28-20/h3-4,10-11,32H,5-9,27,34H2,1H3. The highest BCUT2D eigenvalue weighted by Crippen LogP contribution is 2.43. The van der Waals surface area contributed by atoms with Crippen molar-refractivity contribution in [1.29, 1.82) is 5.26 Å². The van der Waals surface area contributed by atoms with Crippen LogP contribution in [0.2, 0.25) is 0 Å². The fourth-order valence-corrected chi connectivity index (χ4v) is 6.67. The van der Waals surface area contributed by atoms with Crippen molar-refractivity contribution in [2.45, 2.75) is 20.1 Å². The van der Waals surface area contributed by atoms with Gasteiger partial charge in [-0.2, -0.15) is 5.26 Å². The summed E-state index contributed by atoms with van der Waals surface area (Å²) in [4.78, 5) is 16.1. The SMILES string of the molecule is CC1CN(c2ncc3c4c(c(-c5ncc(F)c6sc(N)c(C#N)c56)c(P)c3n2)COC4)CC1CO. The smallest absolute Gasteiger partial charge is 0.225 e. The summed E-state index contributed by atoms with van der Waals surface area (Å²) in [5, 5.41) is 21.8. The molecule has 1 aromatic carbocycles. The fourth-order valence-electron chi connectivity index (χ4n) is 5.22. The molecule has 3 unspecified atom stereocenters. The average Bonchev–Trinajstić information content (AvgIpc) is 3.57. The maximum absolute atomic E-state index is 14.7. The zero-order valence-corrected chi connectivity index (χ0v) is 20.8. The number of aliphatic hydroxyl groups is 1. The number of nitrogens with two attached hydrogens (primary N) is 1. The third-order valence-corrected chi connectivity index (χ3v) is 8.70. The van der Waals surface area contributed by atoms with Gasteiger partial charge in [-0.15, -0.1) is 20.6 Å². The van der Waals surface area contributed by atoms with Gasteiger partial charge in [-0.3, -0.25) is 4.98 Å². The summed E-state index contributed by atoms with van der Waals surface area (Å²) in [5.41, 5.74) is 10.2. The molecule has 11 heteroatoms. The molecule has 3 N–H and O–H groups in total. The highest BCUT2D eigenvalue weighted by atomic mass is 32.1. The number of nitrogen functional groups attached to an aromatic ring is 1. The van der Waals surface area contributed by atoms with E-state index in [1.807, 2.05) is 6.20 Å². The van der Waals surface area contributed by atoms with Crippen molar-refractivity contribution in [3.05, 3.63) is 34.9 Å². The highest BCUT2D eigenvalue weighted by Gasteiger charge is 2.32. The number of rotatable bonds is 3. The summed E-state index contributed by atoms with van der Waals surface area (Å²) < 4.78 is 20.8. The molecule has 2 aliphatic rings. The molecule has 0 bridgehead atoms. The predicted molar refractivity (Wildman–Crippen MR) is 137 cm³/mol. The van der Waals surface area contributed by atoms with Gasteiger partial charge in [-0.25, -0.2) is 14.4 Å². The van der Waals surface area contributed by atoms with E-state index in [0.29, 0.717) is 47.4 Å². The normalized spacial score (nSPS) is 19.6. The molecule has 0 amide bonds. The molecular weight excluding hydrogens is 486 g/mol. The number of fused-ring (bicyclic) bond motifs is 4. The molecule has 1 fully saturated rings. The molecule has 35 heavy (non-hydrogen) atoms. The van der Waals surface area contributed by atoms with Crippen LogP contribution in [0.15, 0.2) is 12.4 Å². The van der Waals surface area contributed by atoms with Crippen LogP contribution in [0, 0.1) is 29.0 Å². The van der Waals surface area contributed by atoms with E-state index in [2.05, 4.69) is 37.1 Å². The Labute approximate surface area is 206 Å². The Balaban J connectivity index is 1.62. The van der Waals surface area contributed by atoms with E-state index >= 15 is 0 Å². The van der Waals surface area contributed by atoms with Crippen molar-refractivity contribution in [1.82, 2.24) is 15.0 Å². The lowest BCUT2D eigenvalue weighted by Crippen LogP contribution is -2.23. The van der Waals surface area contributed by atoms with Gasteiger partial charge < -0.3 is 20.5 Å². The van der Waals surface area contributed by atoms with Crippen LogP contribution in [0.1, 0.15) is 23.6 Å². The van der Waals surface area contributed by atoms with Gasteiger partial charge in [0.25, 0.3) is 0 Å². The lowest BCUT2D eigenvalue weighted by atomic mass is 9.94. The van der Waals surface area contributed by atoms with Gasteiger partial charge in [0.05, 0.1) is 40.9 Å². The van der Waals surface area contributed by atoms with Gasteiger partial charge in [0.15, 0.2) is 5.82 Å². The minimum atomic E-state index is -0.507. The molecule has 0 radical (unpaired) electrons. The van der Waals surface area contributed by atoms with Crippen LogP contribution in [-0.4, -0.2) is 39.8 Å². The maximum atomic E-state index is 14.7. The van der Waals surface area contributed by atoms with E-state index in [1.54, 1.807) is 0 Å². The summed E-state index contributed by atoms with van der Waals surface area (Å²) in [6.07, 6.45) is 3.01. The summed E-state index contributed by atoms with van der Waals surface area (Å²) in [7, 11) is 2.76. The van der Waals surface area contributed by atoms with E-state index in [4.69, 9.17) is 15.5 Å². The van der Waals surface area contributed by atoms with Gasteiger partial charge in [-0.05, 0) is 17.0 Å². The molecule has 0 aliphatic carbocycles. The molecule has 5 heterocycles. The molecule has 178 valence electrons. The second-order valence-corrected chi connectivity index (χ2v) is 10.7. The van der Waals surface area contributed by atoms with E-state index in [9.17, 15) is 14.8 Å². The molecule has 2 aliphatic heterocycles. The Bertz CT molecular complexity index is 1570. The zero-order valence-electron chi connectivity index (χ0n) is 18.9. The molecule has 0 spiro atoms. The largest absolute Gasteiger partial charge is 0.396 e. The van der Waals surface area contributed by atoms with Crippen LogP contribution in [0.25, 0.3) is 32.2 Å². The number of nitriles is 1. The molecule has 8 nitrogen and oxygen atoms in total. The van der Waals surface area contributed by atoms with Gasteiger partial charge in [-0.1, -0.05) is 6.92 Å². The number of ether oxygens (including phenoxy) is 1. The minimum Gasteiger partial charge on any atom is -0.396 e. The minimum absolute atomic E-state index is 0.131. The number of halogens is 1. The van der Waals surface area contributed by atoms with Gasteiger partial charge in [0.2, 0.25) is 5.95 Å². The molecule has 3 aromatic heterocycles. The fraction of sp³-hybridized carbons (Fsp3) is 0.333. The Kier molecular flexibility index (Phi) is 5.35. The number of thiophene rings is 1. The zero-order chi connectivity index (χ0) is 24.4. The van der Waals surface area contributed by atoms with Crippen LogP contribution >= 0.6 is 20.6 Å². The van der Waals surface area contributed by atoms with Crippen molar-refractivity contribution < 1.29 is 14.2 Å². The molecule has 4 aromatic rings. The summed E-state index contributed by atoms with van der Waals surface area (Å²) >= 11 is 1.05. The molecule has 6 rings (SSSR count). The van der Waals surface area contributed by atoms with Crippen molar-refractivity contribution in [3.63, 3.8) is 0 Å². The number of aliphatic hydroxyl groups excluding tert-OH is 1. The number of hydrogen-bond donors (Lipinski definition) is 2. The van der Waals surface area contributed by atoms with Gasteiger partial charge in [0, 0.05) is 53.5 Å². The van der Waals surface area contributed by atoms with Crippen LogP contribution in [-0.2, 0) is 18.0 Å². The number of nitrogens with zero attached hydrogens (tertiary/aromatic N) is 5. The monoisotopic (exact) mass is 508 g/mol.